The van der Waals surface area contributed by atoms with Crippen molar-refractivity contribution in [2.75, 3.05) is 13.1 Å². The third kappa shape index (κ3) is 7.05. The van der Waals surface area contributed by atoms with E-state index >= 15 is 0 Å². The average Bonchev–Trinajstić information content (AvgIpc) is 3.35. The molecule has 10 heteroatoms. The lowest BCUT2D eigenvalue weighted by molar-refractivity contribution is 0.180. The SMILES string of the molecule is Cc1nnc(CN=C(NCCc2cccs2)NCC(O)c2ccncc2)n1C.I. The van der Waals surface area contributed by atoms with Gasteiger partial charge in [-0.3, -0.25) is 4.98 Å². The Kier molecular flexibility index (Phi) is 9.48. The van der Waals surface area contributed by atoms with Gasteiger partial charge in [-0.15, -0.1) is 45.5 Å². The van der Waals surface area contributed by atoms with Crippen LogP contribution in [0, 0.1) is 6.92 Å². The highest BCUT2D eigenvalue weighted by Crippen LogP contribution is 2.10. The van der Waals surface area contributed by atoms with Crippen LogP contribution in [0.2, 0.25) is 0 Å². The molecule has 0 bridgehead atoms. The number of rotatable bonds is 8. The highest BCUT2D eigenvalue weighted by atomic mass is 127. The lowest BCUT2D eigenvalue weighted by atomic mass is 10.1. The molecule has 0 radical (unpaired) electrons. The van der Waals surface area contributed by atoms with E-state index in [4.69, 9.17) is 0 Å². The summed E-state index contributed by atoms with van der Waals surface area (Å²) in [5.41, 5.74) is 0.810. The van der Waals surface area contributed by atoms with E-state index in [0.29, 0.717) is 19.0 Å². The fourth-order valence-corrected chi connectivity index (χ4v) is 3.28. The molecule has 3 N–H and O–H groups in total. The van der Waals surface area contributed by atoms with Crippen LogP contribution in [-0.4, -0.2) is 43.9 Å². The molecule has 156 valence electrons. The zero-order chi connectivity index (χ0) is 19.8. The summed E-state index contributed by atoms with van der Waals surface area (Å²) in [6.07, 6.45) is 3.60. The summed E-state index contributed by atoms with van der Waals surface area (Å²) in [5, 5.41) is 27.2. The molecule has 3 heterocycles. The number of hydrogen-bond acceptors (Lipinski definition) is 6. The van der Waals surface area contributed by atoms with Crippen molar-refractivity contribution in [2.24, 2.45) is 12.0 Å². The molecule has 8 nitrogen and oxygen atoms in total. The Hall–Kier alpha value is -2.05. The van der Waals surface area contributed by atoms with Gasteiger partial charge in [-0.2, -0.15) is 0 Å². The van der Waals surface area contributed by atoms with Crippen LogP contribution in [0.5, 0.6) is 0 Å². The van der Waals surface area contributed by atoms with Crippen LogP contribution >= 0.6 is 35.3 Å². The maximum absolute atomic E-state index is 10.4. The molecule has 0 saturated carbocycles. The lowest BCUT2D eigenvalue weighted by Crippen LogP contribution is -2.40. The number of aryl methyl sites for hydroxylation is 1. The van der Waals surface area contributed by atoms with E-state index in [-0.39, 0.29) is 24.0 Å². The topological polar surface area (TPSA) is 100 Å². The van der Waals surface area contributed by atoms with Crippen molar-refractivity contribution in [3.63, 3.8) is 0 Å². The predicted molar refractivity (Wildman–Crippen MR) is 126 cm³/mol. The summed E-state index contributed by atoms with van der Waals surface area (Å²) in [5.74, 6) is 2.26. The molecular formula is C19H26IN7OS. The minimum absolute atomic E-state index is 0. The van der Waals surface area contributed by atoms with Gasteiger partial charge in [0.15, 0.2) is 11.8 Å². The van der Waals surface area contributed by atoms with Crippen LogP contribution in [-0.2, 0) is 20.0 Å². The van der Waals surface area contributed by atoms with Crippen molar-refractivity contribution < 1.29 is 5.11 Å². The molecule has 0 fully saturated rings. The van der Waals surface area contributed by atoms with Crippen LogP contribution in [0.4, 0.5) is 0 Å². The van der Waals surface area contributed by atoms with Crippen molar-refractivity contribution in [2.45, 2.75) is 26.0 Å². The van der Waals surface area contributed by atoms with Crippen LogP contribution < -0.4 is 10.6 Å². The first-order valence-corrected chi connectivity index (χ1v) is 9.99. The van der Waals surface area contributed by atoms with Gasteiger partial charge in [0.1, 0.15) is 12.4 Å². The van der Waals surface area contributed by atoms with Crippen molar-refractivity contribution >= 4 is 41.3 Å². The number of pyridine rings is 1. The number of aliphatic hydroxyl groups is 1. The van der Waals surface area contributed by atoms with E-state index in [1.54, 1.807) is 35.9 Å². The predicted octanol–water partition coefficient (Wildman–Crippen LogP) is 2.21. The van der Waals surface area contributed by atoms with E-state index in [1.165, 1.54) is 4.88 Å². The Balaban J connectivity index is 0.00000300. The van der Waals surface area contributed by atoms with Gasteiger partial charge in [0, 0.05) is 37.4 Å². The molecular weight excluding hydrogens is 501 g/mol. The second-order valence-corrected chi connectivity index (χ2v) is 7.35. The van der Waals surface area contributed by atoms with Gasteiger partial charge >= 0.3 is 0 Å². The van der Waals surface area contributed by atoms with Crippen LogP contribution in [0.25, 0.3) is 0 Å². The molecule has 1 unspecified atom stereocenters. The maximum Gasteiger partial charge on any atom is 0.191 e. The number of guanidine groups is 1. The van der Waals surface area contributed by atoms with Crippen molar-refractivity contribution in [1.29, 1.82) is 0 Å². The standard InChI is InChI=1S/C19H25N7OS.HI/c1-14-24-25-18(26(14)2)13-23-19(21-10-7-16-4-3-11-28-16)22-12-17(27)15-5-8-20-9-6-15;/h3-6,8-9,11,17,27H,7,10,12-13H2,1-2H3,(H2,21,22,23);1H. The average molecular weight is 527 g/mol. The molecule has 0 aliphatic rings. The molecule has 0 amide bonds. The molecule has 0 aliphatic heterocycles. The zero-order valence-corrected chi connectivity index (χ0v) is 19.6. The van der Waals surface area contributed by atoms with Crippen molar-refractivity contribution in [3.05, 3.63) is 64.1 Å². The first-order valence-electron chi connectivity index (χ1n) is 9.11. The number of aliphatic hydroxyl groups excluding tert-OH is 1. The van der Waals surface area contributed by atoms with E-state index in [1.807, 2.05) is 18.5 Å². The summed E-state index contributed by atoms with van der Waals surface area (Å²) in [4.78, 5) is 9.90. The number of hydrogen-bond donors (Lipinski definition) is 3. The van der Waals surface area contributed by atoms with Gasteiger partial charge in [0.2, 0.25) is 0 Å². The first-order chi connectivity index (χ1) is 13.6. The smallest absolute Gasteiger partial charge is 0.191 e. The summed E-state index contributed by atoms with van der Waals surface area (Å²) in [7, 11) is 1.92. The van der Waals surface area contributed by atoms with Crippen LogP contribution in [0.15, 0.2) is 47.0 Å². The summed E-state index contributed by atoms with van der Waals surface area (Å²) in [6, 6.07) is 7.77. The summed E-state index contributed by atoms with van der Waals surface area (Å²) >= 11 is 1.74. The zero-order valence-electron chi connectivity index (χ0n) is 16.4. The van der Waals surface area contributed by atoms with Gasteiger partial charge in [0.05, 0.1) is 6.10 Å². The van der Waals surface area contributed by atoms with Gasteiger partial charge in [0.25, 0.3) is 0 Å². The Bertz CT molecular complexity index is 883. The van der Waals surface area contributed by atoms with Gasteiger partial charge in [-0.25, -0.2) is 4.99 Å². The van der Waals surface area contributed by atoms with E-state index in [0.717, 1.165) is 30.2 Å². The molecule has 0 saturated heterocycles. The fourth-order valence-electron chi connectivity index (χ4n) is 2.57. The molecule has 0 spiro atoms. The number of nitrogens with one attached hydrogen (secondary N) is 2. The molecule has 1 atom stereocenters. The minimum atomic E-state index is -0.649. The third-order valence-electron chi connectivity index (χ3n) is 4.36. The number of aliphatic imine (C=N–C) groups is 1. The first kappa shape index (κ1) is 23.2. The number of thiophene rings is 1. The molecule has 0 aromatic carbocycles. The van der Waals surface area contributed by atoms with E-state index < -0.39 is 6.10 Å². The molecule has 0 aliphatic carbocycles. The van der Waals surface area contributed by atoms with Gasteiger partial charge in [-0.05, 0) is 42.5 Å². The normalized spacial score (nSPS) is 12.3. The third-order valence-corrected chi connectivity index (χ3v) is 5.30. The number of halogens is 1. The minimum Gasteiger partial charge on any atom is -0.387 e. The Labute approximate surface area is 191 Å². The Morgan fingerprint density at radius 3 is 2.69 bits per heavy atom. The summed E-state index contributed by atoms with van der Waals surface area (Å²) < 4.78 is 1.92. The van der Waals surface area contributed by atoms with E-state index in [9.17, 15) is 5.11 Å². The maximum atomic E-state index is 10.4. The monoisotopic (exact) mass is 527 g/mol. The molecule has 3 rings (SSSR count). The largest absolute Gasteiger partial charge is 0.387 e. The quantitative estimate of drug-likeness (QED) is 0.236. The van der Waals surface area contributed by atoms with Gasteiger partial charge in [-0.1, -0.05) is 6.07 Å². The lowest BCUT2D eigenvalue weighted by Gasteiger charge is -2.16. The van der Waals surface area contributed by atoms with Crippen molar-refractivity contribution in [1.82, 2.24) is 30.4 Å². The second kappa shape index (κ2) is 11.8. The fraction of sp³-hybridized carbons (Fsp3) is 0.368. The highest BCUT2D eigenvalue weighted by molar-refractivity contribution is 14.0. The highest BCUT2D eigenvalue weighted by Gasteiger charge is 2.09. The molecule has 29 heavy (non-hydrogen) atoms. The molecule has 3 aromatic rings. The Morgan fingerprint density at radius 1 is 1.24 bits per heavy atom. The number of aromatic nitrogens is 4. The Morgan fingerprint density at radius 2 is 2.03 bits per heavy atom. The van der Waals surface area contributed by atoms with Crippen LogP contribution in [0.1, 0.15) is 28.2 Å². The van der Waals surface area contributed by atoms with Crippen LogP contribution in [0.3, 0.4) is 0 Å². The van der Waals surface area contributed by atoms with E-state index in [2.05, 4.69) is 48.3 Å². The second-order valence-electron chi connectivity index (χ2n) is 6.32. The van der Waals surface area contributed by atoms with Gasteiger partial charge < -0.3 is 20.3 Å². The van der Waals surface area contributed by atoms with Crippen molar-refractivity contribution in [3.8, 4) is 0 Å². The number of nitrogens with zero attached hydrogens (tertiary/aromatic N) is 5. The molecule has 3 aromatic heterocycles. The summed E-state index contributed by atoms with van der Waals surface area (Å²) in [6.45, 7) is 3.39.